The van der Waals surface area contributed by atoms with Crippen molar-refractivity contribution in [2.45, 2.75) is 5.75 Å². The maximum atomic E-state index is 11.1. The maximum absolute atomic E-state index is 11.1. The van der Waals surface area contributed by atoms with Crippen molar-refractivity contribution in [2.24, 2.45) is 15.9 Å². The summed E-state index contributed by atoms with van der Waals surface area (Å²) in [7, 11) is 0. The van der Waals surface area contributed by atoms with Gasteiger partial charge in [-0.25, -0.2) is 4.98 Å². The van der Waals surface area contributed by atoms with Gasteiger partial charge < -0.3 is 5.73 Å². The number of nitro groups is 1. The van der Waals surface area contributed by atoms with Gasteiger partial charge in [0.2, 0.25) is 0 Å². The highest BCUT2D eigenvalue weighted by Gasteiger charge is 2.15. The SMILES string of the molecule is NC(=NN=Cc1ccc(-c2ncccc2[N+](=O)[O-])cc1)SCc1ccccc1. The molecule has 140 valence electrons. The van der Waals surface area contributed by atoms with Crippen molar-refractivity contribution in [2.75, 3.05) is 0 Å². The van der Waals surface area contributed by atoms with Gasteiger partial charge in [-0.05, 0) is 17.2 Å². The normalized spacial score (nSPS) is 11.6. The molecule has 28 heavy (non-hydrogen) atoms. The maximum Gasteiger partial charge on any atom is 0.295 e. The van der Waals surface area contributed by atoms with Crippen molar-refractivity contribution in [1.29, 1.82) is 0 Å². The zero-order valence-corrected chi connectivity index (χ0v) is 15.6. The molecule has 8 heteroatoms. The number of hydrogen-bond donors (Lipinski definition) is 1. The lowest BCUT2D eigenvalue weighted by molar-refractivity contribution is -0.384. The van der Waals surface area contributed by atoms with Gasteiger partial charge in [-0.3, -0.25) is 10.1 Å². The van der Waals surface area contributed by atoms with E-state index in [2.05, 4.69) is 15.2 Å². The Labute approximate surface area is 166 Å². The molecule has 7 nitrogen and oxygen atoms in total. The summed E-state index contributed by atoms with van der Waals surface area (Å²) in [5, 5.41) is 19.5. The summed E-state index contributed by atoms with van der Waals surface area (Å²) in [6, 6.07) is 20.0. The fourth-order valence-electron chi connectivity index (χ4n) is 2.41. The molecule has 0 unspecified atom stereocenters. The van der Waals surface area contributed by atoms with E-state index in [1.807, 2.05) is 30.3 Å². The Morgan fingerprint density at radius 3 is 2.57 bits per heavy atom. The first kappa shape index (κ1) is 19.2. The molecule has 0 aliphatic heterocycles. The van der Waals surface area contributed by atoms with Gasteiger partial charge in [0.15, 0.2) is 5.17 Å². The number of amidine groups is 1. The van der Waals surface area contributed by atoms with Gasteiger partial charge in [-0.1, -0.05) is 66.4 Å². The molecule has 1 aromatic heterocycles. The largest absolute Gasteiger partial charge is 0.377 e. The zero-order chi connectivity index (χ0) is 19.8. The third-order valence-corrected chi connectivity index (χ3v) is 4.61. The average molecular weight is 391 g/mol. The van der Waals surface area contributed by atoms with Gasteiger partial charge in [0.05, 0.1) is 11.1 Å². The van der Waals surface area contributed by atoms with Crippen molar-refractivity contribution in [3.63, 3.8) is 0 Å². The second-order valence-corrected chi connectivity index (χ2v) is 6.70. The minimum Gasteiger partial charge on any atom is -0.377 e. The van der Waals surface area contributed by atoms with Crippen LogP contribution >= 0.6 is 11.8 Å². The zero-order valence-electron chi connectivity index (χ0n) is 14.8. The predicted octanol–water partition coefficient (Wildman–Crippen LogP) is 4.24. The van der Waals surface area contributed by atoms with Crippen molar-refractivity contribution >= 4 is 28.8 Å². The van der Waals surface area contributed by atoms with Crippen LogP contribution in [0.2, 0.25) is 0 Å². The number of aromatic nitrogens is 1. The van der Waals surface area contributed by atoms with E-state index < -0.39 is 4.92 Å². The Morgan fingerprint density at radius 2 is 1.86 bits per heavy atom. The van der Waals surface area contributed by atoms with Crippen LogP contribution in [0.15, 0.2) is 83.1 Å². The summed E-state index contributed by atoms with van der Waals surface area (Å²) in [6.45, 7) is 0. The molecule has 0 spiro atoms. The highest BCUT2D eigenvalue weighted by molar-refractivity contribution is 8.13. The monoisotopic (exact) mass is 391 g/mol. The molecule has 3 rings (SSSR count). The third kappa shape index (κ3) is 5.24. The smallest absolute Gasteiger partial charge is 0.295 e. The molecule has 0 radical (unpaired) electrons. The lowest BCUT2D eigenvalue weighted by Gasteiger charge is -2.02. The van der Waals surface area contributed by atoms with Gasteiger partial charge in [0, 0.05) is 23.6 Å². The van der Waals surface area contributed by atoms with Crippen molar-refractivity contribution in [3.8, 4) is 11.3 Å². The molecule has 0 saturated carbocycles. The quantitative estimate of drug-likeness (QED) is 0.293. The molecule has 0 aliphatic carbocycles. The Bertz CT molecular complexity index is 1000. The Kier molecular flexibility index (Phi) is 6.48. The first-order valence-electron chi connectivity index (χ1n) is 8.36. The van der Waals surface area contributed by atoms with E-state index in [-0.39, 0.29) is 5.69 Å². The topological polar surface area (TPSA) is 107 Å². The predicted molar refractivity (Wildman–Crippen MR) is 113 cm³/mol. The minimum absolute atomic E-state index is 0.0308. The molecular weight excluding hydrogens is 374 g/mol. The van der Waals surface area contributed by atoms with Crippen LogP contribution in [0.5, 0.6) is 0 Å². The number of pyridine rings is 1. The number of benzene rings is 2. The average Bonchev–Trinajstić information content (AvgIpc) is 2.73. The summed E-state index contributed by atoms with van der Waals surface area (Å²) in [4.78, 5) is 14.8. The highest BCUT2D eigenvalue weighted by atomic mass is 32.2. The second kappa shape index (κ2) is 9.43. The van der Waals surface area contributed by atoms with E-state index in [9.17, 15) is 10.1 Å². The van der Waals surface area contributed by atoms with E-state index >= 15 is 0 Å². The van der Waals surface area contributed by atoms with E-state index in [1.54, 1.807) is 36.5 Å². The minimum atomic E-state index is -0.442. The lowest BCUT2D eigenvalue weighted by Crippen LogP contribution is -2.05. The van der Waals surface area contributed by atoms with Crippen molar-refractivity contribution in [3.05, 3.63) is 94.2 Å². The molecule has 3 aromatic rings. The molecule has 0 bridgehead atoms. The van der Waals surface area contributed by atoms with Crippen molar-refractivity contribution < 1.29 is 4.92 Å². The molecule has 2 N–H and O–H groups in total. The van der Waals surface area contributed by atoms with Crippen LogP contribution in [-0.4, -0.2) is 21.3 Å². The first-order chi connectivity index (χ1) is 13.6. The molecule has 0 atom stereocenters. The molecule has 0 aliphatic rings. The third-order valence-electron chi connectivity index (χ3n) is 3.76. The van der Waals surface area contributed by atoms with E-state index in [0.29, 0.717) is 16.4 Å². The summed E-state index contributed by atoms with van der Waals surface area (Å²) >= 11 is 1.41. The summed E-state index contributed by atoms with van der Waals surface area (Å²) < 4.78 is 0. The number of rotatable bonds is 6. The van der Waals surface area contributed by atoms with Crippen LogP contribution in [0.4, 0.5) is 5.69 Å². The summed E-state index contributed by atoms with van der Waals surface area (Å²) in [5.74, 6) is 0.725. The van der Waals surface area contributed by atoms with Gasteiger partial charge >= 0.3 is 0 Å². The molecule has 1 heterocycles. The molecule has 0 amide bonds. The van der Waals surface area contributed by atoms with Gasteiger partial charge in [0.25, 0.3) is 5.69 Å². The highest BCUT2D eigenvalue weighted by Crippen LogP contribution is 2.27. The molecular formula is C20H17N5O2S. The number of nitrogens with two attached hydrogens (primary N) is 1. The lowest BCUT2D eigenvalue weighted by atomic mass is 10.1. The molecule has 0 saturated heterocycles. The fourth-order valence-corrected chi connectivity index (χ4v) is 3.02. The standard InChI is InChI=1S/C20H17N5O2S/c21-20(28-14-16-5-2-1-3-6-16)24-23-13-15-8-10-17(11-9-15)19-18(25(26)27)7-4-12-22-19/h1-13H,14H2,(H2,21,24). The van der Waals surface area contributed by atoms with E-state index in [0.717, 1.165) is 16.9 Å². The van der Waals surface area contributed by atoms with Gasteiger partial charge in [-0.15, -0.1) is 5.10 Å². The van der Waals surface area contributed by atoms with Crippen LogP contribution < -0.4 is 5.73 Å². The molecule has 0 fully saturated rings. The fraction of sp³-hybridized carbons (Fsp3) is 0.0500. The van der Waals surface area contributed by atoms with Gasteiger partial charge in [0.1, 0.15) is 5.69 Å². The number of nitrogens with zero attached hydrogens (tertiary/aromatic N) is 4. The van der Waals surface area contributed by atoms with Crippen LogP contribution in [0.25, 0.3) is 11.3 Å². The van der Waals surface area contributed by atoms with Crippen LogP contribution in [0.1, 0.15) is 11.1 Å². The second-order valence-electron chi connectivity index (χ2n) is 5.71. The summed E-state index contributed by atoms with van der Waals surface area (Å²) in [6.07, 6.45) is 3.11. The Balaban J connectivity index is 1.63. The van der Waals surface area contributed by atoms with Gasteiger partial charge in [-0.2, -0.15) is 5.10 Å². The van der Waals surface area contributed by atoms with Crippen LogP contribution in [0, 0.1) is 10.1 Å². The first-order valence-corrected chi connectivity index (χ1v) is 9.35. The van der Waals surface area contributed by atoms with Crippen LogP contribution in [0.3, 0.4) is 0 Å². The number of hydrogen-bond acceptors (Lipinski definition) is 6. The number of thioether (sulfide) groups is 1. The van der Waals surface area contributed by atoms with E-state index in [4.69, 9.17) is 5.73 Å². The van der Waals surface area contributed by atoms with Crippen molar-refractivity contribution in [1.82, 2.24) is 4.98 Å². The van der Waals surface area contributed by atoms with E-state index in [1.165, 1.54) is 24.0 Å². The van der Waals surface area contributed by atoms with Crippen LogP contribution in [-0.2, 0) is 5.75 Å². The Hall–Kier alpha value is -3.52. The Morgan fingerprint density at radius 1 is 1.11 bits per heavy atom. The molecule has 2 aromatic carbocycles. The summed E-state index contributed by atoms with van der Waals surface area (Å²) in [5.41, 5.74) is 8.77.